The maximum absolute atomic E-state index is 5.70. The van der Waals surface area contributed by atoms with Crippen molar-refractivity contribution in [3.05, 3.63) is 0 Å². The third-order valence-electron chi connectivity index (χ3n) is 3.85. The number of hydrogen-bond acceptors (Lipinski definition) is 3. The molecule has 3 heteroatoms. The van der Waals surface area contributed by atoms with Gasteiger partial charge in [0.1, 0.15) is 0 Å². The molecule has 2 atom stereocenters. The molecule has 1 fully saturated rings. The van der Waals surface area contributed by atoms with Crippen LogP contribution in [-0.2, 0) is 4.74 Å². The molecule has 0 bridgehead atoms. The molecule has 0 aliphatic carbocycles. The maximum Gasteiger partial charge on any atom is 0.0593 e. The second-order valence-corrected chi connectivity index (χ2v) is 6.03. The number of likely N-dealkylation sites (tertiary alicyclic amines) is 1. The normalized spacial score (nSPS) is 25.8. The number of nitrogens with one attached hydrogen (secondary N) is 1. The zero-order valence-electron chi connectivity index (χ0n) is 12.7. The third kappa shape index (κ3) is 6.17. The molecule has 1 saturated heterocycles. The minimum atomic E-state index is 0.716. The van der Waals surface area contributed by atoms with Crippen molar-refractivity contribution in [2.45, 2.75) is 46.6 Å². The Morgan fingerprint density at radius 3 is 2.72 bits per heavy atom. The molecule has 18 heavy (non-hydrogen) atoms. The fourth-order valence-electron chi connectivity index (χ4n) is 2.62. The Morgan fingerprint density at radius 2 is 2.11 bits per heavy atom. The first-order chi connectivity index (χ1) is 8.63. The summed E-state index contributed by atoms with van der Waals surface area (Å²) in [5.74, 6) is 1.51. The first-order valence-corrected chi connectivity index (χ1v) is 7.67. The smallest absolute Gasteiger partial charge is 0.0593 e. The molecule has 1 aliphatic heterocycles. The van der Waals surface area contributed by atoms with E-state index in [1.165, 1.54) is 25.9 Å². The molecular formula is C15H32N2O. The Morgan fingerprint density at radius 1 is 1.33 bits per heavy atom. The van der Waals surface area contributed by atoms with E-state index in [-0.39, 0.29) is 0 Å². The summed E-state index contributed by atoms with van der Waals surface area (Å²) in [6.07, 6.45) is 2.46. The quantitative estimate of drug-likeness (QED) is 0.675. The summed E-state index contributed by atoms with van der Waals surface area (Å²) in [5, 5.41) is 3.59. The van der Waals surface area contributed by atoms with Crippen molar-refractivity contribution in [3.8, 4) is 0 Å². The van der Waals surface area contributed by atoms with Gasteiger partial charge in [0.2, 0.25) is 0 Å². The molecule has 0 radical (unpaired) electrons. The van der Waals surface area contributed by atoms with Crippen molar-refractivity contribution >= 4 is 0 Å². The summed E-state index contributed by atoms with van der Waals surface area (Å²) in [6, 6.07) is 0.716. The number of piperidine rings is 1. The van der Waals surface area contributed by atoms with Gasteiger partial charge in [0.25, 0.3) is 0 Å². The standard InChI is InChI=1S/C15H32N2O/c1-5-16-15-6-8-17(12-14(15)4)9-11-18-10-7-13(2)3/h13-16H,5-12H2,1-4H3. The van der Waals surface area contributed by atoms with Crippen LogP contribution in [-0.4, -0.2) is 50.3 Å². The predicted molar refractivity (Wildman–Crippen MR) is 78.0 cm³/mol. The number of rotatable bonds is 8. The molecule has 2 unspecified atom stereocenters. The van der Waals surface area contributed by atoms with Crippen molar-refractivity contribution < 1.29 is 4.74 Å². The van der Waals surface area contributed by atoms with Gasteiger partial charge in [-0.05, 0) is 37.8 Å². The van der Waals surface area contributed by atoms with Gasteiger partial charge < -0.3 is 15.0 Å². The Balaban J connectivity index is 2.07. The summed E-state index contributed by atoms with van der Waals surface area (Å²) >= 11 is 0. The molecule has 0 saturated carbocycles. The van der Waals surface area contributed by atoms with Gasteiger partial charge in [-0.2, -0.15) is 0 Å². The van der Waals surface area contributed by atoms with Gasteiger partial charge in [0.05, 0.1) is 6.61 Å². The molecule has 0 aromatic carbocycles. The van der Waals surface area contributed by atoms with E-state index in [4.69, 9.17) is 4.74 Å². The SMILES string of the molecule is CCNC1CCN(CCOCCC(C)C)CC1C. The zero-order chi connectivity index (χ0) is 13.4. The fourth-order valence-corrected chi connectivity index (χ4v) is 2.62. The average Bonchev–Trinajstić information content (AvgIpc) is 2.32. The molecule has 0 amide bonds. The highest BCUT2D eigenvalue weighted by Crippen LogP contribution is 2.16. The maximum atomic E-state index is 5.70. The van der Waals surface area contributed by atoms with Crippen molar-refractivity contribution in [2.75, 3.05) is 39.4 Å². The summed E-state index contributed by atoms with van der Waals surface area (Å²) in [4.78, 5) is 2.55. The second kappa shape index (κ2) is 8.89. The first kappa shape index (κ1) is 15.9. The van der Waals surface area contributed by atoms with E-state index < -0.39 is 0 Å². The Bertz CT molecular complexity index is 209. The van der Waals surface area contributed by atoms with Crippen LogP contribution in [0.5, 0.6) is 0 Å². The van der Waals surface area contributed by atoms with Crippen molar-refractivity contribution in [1.82, 2.24) is 10.2 Å². The molecule has 108 valence electrons. The van der Waals surface area contributed by atoms with E-state index >= 15 is 0 Å². The van der Waals surface area contributed by atoms with E-state index in [9.17, 15) is 0 Å². The zero-order valence-corrected chi connectivity index (χ0v) is 12.7. The summed E-state index contributed by atoms with van der Waals surface area (Å²) in [7, 11) is 0. The molecule has 1 aliphatic rings. The van der Waals surface area contributed by atoms with Crippen LogP contribution in [0.25, 0.3) is 0 Å². The second-order valence-electron chi connectivity index (χ2n) is 6.03. The lowest BCUT2D eigenvalue weighted by atomic mass is 9.94. The Kier molecular flexibility index (Phi) is 7.87. The van der Waals surface area contributed by atoms with Crippen molar-refractivity contribution in [2.24, 2.45) is 11.8 Å². The van der Waals surface area contributed by atoms with Gasteiger partial charge in [0.15, 0.2) is 0 Å². The van der Waals surface area contributed by atoms with Crippen LogP contribution in [0.1, 0.15) is 40.5 Å². The van der Waals surface area contributed by atoms with Gasteiger partial charge in [-0.25, -0.2) is 0 Å². The Hall–Kier alpha value is -0.120. The van der Waals surface area contributed by atoms with Gasteiger partial charge >= 0.3 is 0 Å². The van der Waals surface area contributed by atoms with Gasteiger partial charge in [-0.3, -0.25) is 0 Å². The van der Waals surface area contributed by atoms with Gasteiger partial charge in [-0.15, -0.1) is 0 Å². The highest BCUT2D eigenvalue weighted by Gasteiger charge is 2.24. The third-order valence-corrected chi connectivity index (χ3v) is 3.85. The van der Waals surface area contributed by atoms with Crippen molar-refractivity contribution in [1.29, 1.82) is 0 Å². The highest BCUT2D eigenvalue weighted by molar-refractivity contribution is 4.82. The summed E-state index contributed by atoms with van der Waals surface area (Å²) in [6.45, 7) is 15.5. The largest absolute Gasteiger partial charge is 0.380 e. The van der Waals surface area contributed by atoms with E-state index in [1.54, 1.807) is 0 Å². The predicted octanol–water partition coefficient (Wildman–Crippen LogP) is 2.37. The summed E-state index contributed by atoms with van der Waals surface area (Å²) < 4.78 is 5.70. The van der Waals surface area contributed by atoms with Crippen LogP contribution >= 0.6 is 0 Å². The molecule has 1 heterocycles. The molecule has 1 rings (SSSR count). The van der Waals surface area contributed by atoms with Crippen LogP contribution < -0.4 is 5.32 Å². The van der Waals surface area contributed by atoms with Gasteiger partial charge in [-0.1, -0.05) is 27.7 Å². The van der Waals surface area contributed by atoms with Crippen LogP contribution in [0.4, 0.5) is 0 Å². The van der Waals surface area contributed by atoms with Crippen LogP contribution in [0.3, 0.4) is 0 Å². The number of nitrogens with zero attached hydrogens (tertiary/aromatic N) is 1. The lowest BCUT2D eigenvalue weighted by Gasteiger charge is -2.37. The van der Waals surface area contributed by atoms with Crippen LogP contribution in [0.15, 0.2) is 0 Å². The van der Waals surface area contributed by atoms with E-state index in [0.717, 1.165) is 38.1 Å². The molecule has 0 spiro atoms. The lowest BCUT2D eigenvalue weighted by molar-refractivity contribution is 0.0735. The number of hydrogen-bond donors (Lipinski definition) is 1. The fraction of sp³-hybridized carbons (Fsp3) is 1.00. The first-order valence-electron chi connectivity index (χ1n) is 7.67. The molecule has 3 nitrogen and oxygen atoms in total. The molecule has 0 aromatic heterocycles. The lowest BCUT2D eigenvalue weighted by Crippen LogP contribution is -2.48. The number of ether oxygens (including phenoxy) is 1. The molecule has 0 aromatic rings. The van der Waals surface area contributed by atoms with E-state index in [0.29, 0.717) is 6.04 Å². The monoisotopic (exact) mass is 256 g/mol. The van der Waals surface area contributed by atoms with Gasteiger partial charge in [0, 0.05) is 25.7 Å². The highest BCUT2D eigenvalue weighted by atomic mass is 16.5. The topological polar surface area (TPSA) is 24.5 Å². The van der Waals surface area contributed by atoms with Crippen molar-refractivity contribution in [3.63, 3.8) is 0 Å². The average molecular weight is 256 g/mol. The minimum absolute atomic E-state index is 0.716. The van der Waals surface area contributed by atoms with Crippen LogP contribution in [0, 0.1) is 11.8 Å². The summed E-state index contributed by atoms with van der Waals surface area (Å²) in [5.41, 5.74) is 0. The molecular weight excluding hydrogens is 224 g/mol. The minimum Gasteiger partial charge on any atom is -0.380 e. The molecule has 1 N–H and O–H groups in total. The van der Waals surface area contributed by atoms with E-state index in [2.05, 4.69) is 37.9 Å². The van der Waals surface area contributed by atoms with E-state index in [1.807, 2.05) is 0 Å². The van der Waals surface area contributed by atoms with Crippen LogP contribution in [0.2, 0.25) is 0 Å². The Labute approximate surface area is 113 Å².